The Morgan fingerprint density at radius 1 is 0.900 bits per heavy atom. The van der Waals surface area contributed by atoms with Crippen LogP contribution in [0.1, 0.15) is 5.56 Å². The number of amides is 1. The number of aromatic nitrogens is 2. The van der Waals surface area contributed by atoms with Crippen LogP contribution in [-0.2, 0) is 17.9 Å². The normalized spacial score (nSPS) is 10.7. The SMILES string of the molecule is COc1ccc(CNC(=O)Cn2c(-c3ccc(OC)cc3)nc3ccccc32)cc1. The van der Waals surface area contributed by atoms with E-state index in [0.29, 0.717) is 6.54 Å². The average molecular weight is 401 g/mol. The molecule has 3 aromatic carbocycles. The minimum atomic E-state index is -0.0799. The molecule has 0 spiro atoms. The summed E-state index contributed by atoms with van der Waals surface area (Å²) in [7, 11) is 3.27. The van der Waals surface area contributed by atoms with Crippen molar-refractivity contribution in [2.24, 2.45) is 0 Å². The third-order valence-corrected chi connectivity index (χ3v) is 4.95. The van der Waals surface area contributed by atoms with E-state index in [-0.39, 0.29) is 12.5 Å². The van der Waals surface area contributed by atoms with Gasteiger partial charge in [0.05, 0.1) is 25.3 Å². The summed E-state index contributed by atoms with van der Waals surface area (Å²) in [5.41, 5.74) is 3.71. The molecule has 1 N–H and O–H groups in total. The number of nitrogens with zero attached hydrogens (tertiary/aromatic N) is 2. The molecule has 152 valence electrons. The molecule has 30 heavy (non-hydrogen) atoms. The molecular weight excluding hydrogens is 378 g/mol. The summed E-state index contributed by atoms with van der Waals surface area (Å²) in [5.74, 6) is 2.24. The van der Waals surface area contributed by atoms with Crippen LogP contribution >= 0.6 is 0 Å². The number of rotatable bonds is 7. The van der Waals surface area contributed by atoms with E-state index in [1.165, 1.54) is 0 Å². The van der Waals surface area contributed by atoms with Crippen LogP contribution in [0.2, 0.25) is 0 Å². The molecule has 0 aliphatic rings. The quantitative estimate of drug-likeness (QED) is 0.508. The number of nitrogens with one attached hydrogen (secondary N) is 1. The van der Waals surface area contributed by atoms with Gasteiger partial charge in [-0.15, -0.1) is 0 Å². The zero-order chi connectivity index (χ0) is 20.9. The second-order valence-electron chi connectivity index (χ2n) is 6.86. The third kappa shape index (κ3) is 4.12. The Morgan fingerprint density at radius 3 is 2.20 bits per heavy atom. The maximum absolute atomic E-state index is 12.7. The minimum absolute atomic E-state index is 0.0799. The predicted molar refractivity (Wildman–Crippen MR) is 117 cm³/mol. The summed E-state index contributed by atoms with van der Waals surface area (Å²) in [6, 6.07) is 23.2. The van der Waals surface area contributed by atoms with Gasteiger partial charge in [0.2, 0.25) is 5.91 Å². The molecule has 1 aromatic heterocycles. The van der Waals surface area contributed by atoms with Gasteiger partial charge in [-0.05, 0) is 54.1 Å². The number of ether oxygens (including phenoxy) is 2. The number of carbonyl (C=O) groups is 1. The second-order valence-corrected chi connectivity index (χ2v) is 6.86. The van der Waals surface area contributed by atoms with Crippen molar-refractivity contribution in [2.45, 2.75) is 13.1 Å². The lowest BCUT2D eigenvalue weighted by molar-refractivity contribution is -0.121. The molecule has 0 fully saturated rings. The Balaban J connectivity index is 1.56. The van der Waals surface area contributed by atoms with Crippen LogP contribution in [0, 0.1) is 0 Å². The van der Waals surface area contributed by atoms with E-state index in [4.69, 9.17) is 14.5 Å². The zero-order valence-electron chi connectivity index (χ0n) is 17.0. The maximum atomic E-state index is 12.7. The lowest BCUT2D eigenvalue weighted by Gasteiger charge is -2.11. The van der Waals surface area contributed by atoms with Crippen LogP contribution in [0.5, 0.6) is 11.5 Å². The number of methoxy groups -OCH3 is 2. The van der Waals surface area contributed by atoms with Crippen molar-refractivity contribution in [1.29, 1.82) is 0 Å². The smallest absolute Gasteiger partial charge is 0.240 e. The van der Waals surface area contributed by atoms with Crippen LogP contribution < -0.4 is 14.8 Å². The van der Waals surface area contributed by atoms with Gasteiger partial charge in [-0.25, -0.2) is 4.98 Å². The Kier molecular flexibility index (Phi) is 5.66. The lowest BCUT2D eigenvalue weighted by Crippen LogP contribution is -2.27. The minimum Gasteiger partial charge on any atom is -0.497 e. The molecule has 0 saturated carbocycles. The van der Waals surface area contributed by atoms with Gasteiger partial charge in [-0.2, -0.15) is 0 Å². The largest absolute Gasteiger partial charge is 0.497 e. The molecule has 1 amide bonds. The van der Waals surface area contributed by atoms with E-state index in [1.54, 1.807) is 14.2 Å². The fourth-order valence-electron chi connectivity index (χ4n) is 3.34. The van der Waals surface area contributed by atoms with Crippen molar-refractivity contribution in [3.8, 4) is 22.9 Å². The first kappa shape index (κ1) is 19.5. The number of hydrogen-bond donors (Lipinski definition) is 1. The van der Waals surface area contributed by atoms with Gasteiger partial charge in [0.1, 0.15) is 23.9 Å². The monoisotopic (exact) mass is 401 g/mol. The molecule has 0 aliphatic carbocycles. The van der Waals surface area contributed by atoms with Crippen LogP contribution in [0.4, 0.5) is 0 Å². The van der Waals surface area contributed by atoms with E-state index in [1.807, 2.05) is 77.4 Å². The van der Waals surface area contributed by atoms with Gasteiger partial charge in [-0.3, -0.25) is 4.79 Å². The van der Waals surface area contributed by atoms with Gasteiger partial charge in [0.15, 0.2) is 0 Å². The summed E-state index contributed by atoms with van der Waals surface area (Å²) in [5, 5.41) is 2.99. The van der Waals surface area contributed by atoms with E-state index in [9.17, 15) is 4.79 Å². The number of hydrogen-bond acceptors (Lipinski definition) is 4. The molecule has 0 atom stereocenters. The molecule has 0 saturated heterocycles. The number of carbonyl (C=O) groups excluding carboxylic acids is 1. The molecular formula is C24H23N3O3. The summed E-state index contributed by atoms with van der Waals surface area (Å²) in [6.45, 7) is 0.630. The average Bonchev–Trinajstić information content (AvgIpc) is 3.16. The van der Waals surface area contributed by atoms with Crippen molar-refractivity contribution >= 4 is 16.9 Å². The van der Waals surface area contributed by atoms with Gasteiger partial charge < -0.3 is 19.4 Å². The highest BCUT2D eigenvalue weighted by Gasteiger charge is 2.15. The van der Waals surface area contributed by atoms with E-state index < -0.39 is 0 Å². The number of fused-ring (bicyclic) bond motifs is 1. The zero-order valence-corrected chi connectivity index (χ0v) is 17.0. The molecule has 0 aliphatic heterocycles. The molecule has 6 nitrogen and oxygen atoms in total. The van der Waals surface area contributed by atoms with Crippen molar-refractivity contribution in [3.63, 3.8) is 0 Å². The van der Waals surface area contributed by atoms with Gasteiger partial charge >= 0.3 is 0 Å². The topological polar surface area (TPSA) is 65.4 Å². The highest BCUT2D eigenvalue weighted by atomic mass is 16.5. The van der Waals surface area contributed by atoms with Crippen molar-refractivity contribution in [3.05, 3.63) is 78.4 Å². The number of para-hydroxylation sites is 2. The van der Waals surface area contributed by atoms with Crippen LogP contribution in [0.3, 0.4) is 0 Å². The van der Waals surface area contributed by atoms with Gasteiger partial charge in [0.25, 0.3) is 0 Å². The molecule has 6 heteroatoms. The Bertz CT molecular complexity index is 1150. The first-order valence-electron chi connectivity index (χ1n) is 9.67. The maximum Gasteiger partial charge on any atom is 0.240 e. The summed E-state index contributed by atoms with van der Waals surface area (Å²) in [6.07, 6.45) is 0. The Morgan fingerprint density at radius 2 is 1.53 bits per heavy atom. The fourth-order valence-corrected chi connectivity index (χ4v) is 3.34. The molecule has 0 bridgehead atoms. The summed E-state index contributed by atoms with van der Waals surface area (Å²) >= 11 is 0. The fraction of sp³-hybridized carbons (Fsp3) is 0.167. The molecule has 1 heterocycles. The standard InChI is InChI=1S/C24H23N3O3/c1-29-19-11-7-17(8-12-19)15-25-23(28)16-27-22-6-4-3-5-21(22)26-24(27)18-9-13-20(30-2)14-10-18/h3-14H,15-16H2,1-2H3,(H,25,28). The summed E-state index contributed by atoms with van der Waals surface area (Å²) in [4.78, 5) is 17.5. The second kappa shape index (κ2) is 8.69. The molecule has 0 unspecified atom stereocenters. The van der Waals surface area contributed by atoms with Crippen LogP contribution in [0.15, 0.2) is 72.8 Å². The summed E-state index contributed by atoms with van der Waals surface area (Å²) < 4.78 is 12.4. The van der Waals surface area contributed by atoms with Gasteiger partial charge in [0, 0.05) is 12.1 Å². The molecule has 0 radical (unpaired) electrons. The number of benzene rings is 3. The van der Waals surface area contributed by atoms with Crippen molar-refractivity contribution in [1.82, 2.24) is 14.9 Å². The van der Waals surface area contributed by atoms with E-state index in [2.05, 4.69) is 5.32 Å². The highest BCUT2D eigenvalue weighted by molar-refractivity contribution is 5.84. The number of imidazole rings is 1. The molecule has 4 aromatic rings. The highest BCUT2D eigenvalue weighted by Crippen LogP contribution is 2.26. The first-order valence-corrected chi connectivity index (χ1v) is 9.67. The Labute approximate surface area is 175 Å². The molecule has 4 rings (SSSR count). The van der Waals surface area contributed by atoms with Crippen LogP contribution in [0.25, 0.3) is 22.4 Å². The van der Waals surface area contributed by atoms with E-state index >= 15 is 0 Å². The van der Waals surface area contributed by atoms with Crippen molar-refractivity contribution < 1.29 is 14.3 Å². The van der Waals surface area contributed by atoms with E-state index in [0.717, 1.165) is 39.5 Å². The predicted octanol–water partition coefficient (Wildman–Crippen LogP) is 4.04. The third-order valence-electron chi connectivity index (χ3n) is 4.95. The van der Waals surface area contributed by atoms with Gasteiger partial charge in [-0.1, -0.05) is 24.3 Å². The van der Waals surface area contributed by atoms with Crippen molar-refractivity contribution in [2.75, 3.05) is 14.2 Å². The Hall–Kier alpha value is -3.80. The lowest BCUT2D eigenvalue weighted by atomic mass is 10.2. The van der Waals surface area contributed by atoms with Crippen LogP contribution in [-0.4, -0.2) is 29.7 Å². The first-order chi connectivity index (χ1) is 14.7.